The van der Waals surface area contributed by atoms with Crippen molar-refractivity contribution in [3.05, 3.63) is 35.9 Å². The Hall–Kier alpha value is -2.08. The lowest BCUT2D eigenvalue weighted by molar-refractivity contribution is -0.139. The molecule has 1 aromatic carbocycles. The third-order valence-corrected chi connectivity index (χ3v) is 2.91. The molecule has 1 atom stereocenters. The van der Waals surface area contributed by atoms with Crippen LogP contribution in [-0.2, 0) is 4.79 Å². The molecule has 0 saturated carbocycles. The zero-order valence-electron chi connectivity index (χ0n) is 11.8. The number of nitrogens with zero attached hydrogens (tertiary/aromatic N) is 1. The SMILES string of the molecule is CNCCCN(C)C(=O)N[C@H](C(=O)O)c1ccccc1. The monoisotopic (exact) mass is 279 g/mol. The van der Waals surface area contributed by atoms with Crippen molar-refractivity contribution in [3.63, 3.8) is 0 Å². The van der Waals surface area contributed by atoms with Crippen molar-refractivity contribution < 1.29 is 14.7 Å². The van der Waals surface area contributed by atoms with Gasteiger partial charge in [-0.2, -0.15) is 0 Å². The van der Waals surface area contributed by atoms with Gasteiger partial charge in [-0.3, -0.25) is 0 Å². The van der Waals surface area contributed by atoms with Crippen molar-refractivity contribution in [3.8, 4) is 0 Å². The molecule has 6 heteroatoms. The van der Waals surface area contributed by atoms with Gasteiger partial charge in [0.05, 0.1) is 0 Å². The summed E-state index contributed by atoms with van der Waals surface area (Å²) in [5.41, 5.74) is 0.553. The van der Waals surface area contributed by atoms with Crippen molar-refractivity contribution in [2.24, 2.45) is 0 Å². The van der Waals surface area contributed by atoms with Crippen LogP contribution in [-0.4, -0.2) is 49.2 Å². The Balaban J connectivity index is 2.62. The van der Waals surface area contributed by atoms with Gasteiger partial charge in [0.25, 0.3) is 0 Å². The van der Waals surface area contributed by atoms with E-state index in [0.29, 0.717) is 12.1 Å². The zero-order chi connectivity index (χ0) is 15.0. The molecule has 3 N–H and O–H groups in total. The standard InChI is InChI=1S/C14H21N3O3/c1-15-9-6-10-17(2)14(20)16-12(13(18)19)11-7-4-3-5-8-11/h3-5,7-8,12,15H,6,9-10H2,1-2H3,(H,16,20)(H,18,19)/t12-/m0/s1. The molecule has 1 aromatic rings. The number of aliphatic carboxylic acids is 1. The van der Waals surface area contributed by atoms with E-state index < -0.39 is 18.0 Å². The molecule has 0 aliphatic rings. The summed E-state index contributed by atoms with van der Waals surface area (Å²) in [4.78, 5) is 24.7. The van der Waals surface area contributed by atoms with Crippen LogP contribution in [0.4, 0.5) is 4.79 Å². The van der Waals surface area contributed by atoms with Crippen LogP contribution in [0, 0.1) is 0 Å². The number of hydrogen-bond donors (Lipinski definition) is 3. The van der Waals surface area contributed by atoms with Gasteiger partial charge >= 0.3 is 12.0 Å². The van der Waals surface area contributed by atoms with E-state index >= 15 is 0 Å². The van der Waals surface area contributed by atoms with Crippen LogP contribution in [0.5, 0.6) is 0 Å². The number of urea groups is 1. The summed E-state index contributed by atoms with van der Waals surface area (Å²) >= 11 is 0. The Morgan fingerprint density at radius 1 is 1.30 bits per heavy atom. The lowest BCUT2D eigenvalue weighted by atomic mass is 10.1. The van der Waals surface area contributed by atoms with Crippen LogP contribution in [0.15, 0.2) is 30.3 Å². The number of nitrogens with one attached hydrogen (secondary N) is 2. The molecule has 2 amide bonds. The average Bonchev–Trinajstić information content (AvgIpc) is 2.45. The highest BCUT2D eigenvalue weighted by Gasteiger charge is 2.23. The molecule has 0 radical (unpaired) electrons. The van der Waals surface area contributed by atoms with Gasteiger partial charge in [0.1, 0.15) is 0 Å². The molecule has 0 saturated heterocycles. The molecule has 6 nitrogen and oxygen atoms in total. The summed E-state index contributed by atoms with van der Waals surface area (Å²) in [6.45, 7) is 1.37. The van der Waals surface area contributed by atoms with Crippen molar-refractivity contribution in [1.82, 2.24) is 15.5 Å². The fourth-order valence-corrected chi connectivity index (χ4v) is 1.76. The first-order valence-electron chi connectivity index (χ1n) is 6.50. The molecule has 0 spiro atoms. The molecule has 0 unspecified atom stereocenters. The average molecular weight is 279 g/mol. The minimum atomic E-state index is -1.08. The largest absolute Gasteiger partial charge is 0.479 e. The smallest absolute Gasteiger partial charge is 0.330 e. The van der Waals surface area contributed by atoms with Gasteiger partial charge in [-0.1, -0.05) is 30.3 Å². The van der Waals surface area contributed by atoms with E-state index in [1.807, 2.05) is 7.05 Å². The van der Waals surface area contributed by atoms with Crippen LogP contribution in [0.3, 0.4) is 0 Å². The summed E-state index contributed by atoms with van der Waals surface area (Å²) in [6, 6.07) is 7.23. The Labute approximate surface area is 118 Å². The van der Waals surface area contributed by atoms with E-state index in [1.165, 1.54) is 4.90 Å². The highest BCUT2D eigenvalue weighted by atomic mass is 16.4. The molecule has 20 heavy (non-hydrogen) atoms. The molecular weight excluding hydrogens is 258 g/mol. The maximum atomic E-state index is 12.0. The lowest BCUT2D eigenvalue weighted by Crippen LogP contribution is -2.42. The van der Waals surface area contributed by atoms with Crippen LogP contribution < -0.4 is 10.6 Å². The molecule has 0 heterocycles. The van der Waals surface area contributed by atoms with Crippen LogP contribution in [0.25, 0.3) is 0 Å². The maximum Gasteiger partial charge on any atom is 0.330 e. The number of carboxylic acid groups (broad SMARTS) is 1. The maximum absolute atomic E-state index is 12.0. The number of amides is 2. The number of rotatable bonds is 7. The number of benzene rings is 1. The number of hydrogen-bond acceptors (Lipinski definition) is 3. The number of carbonyl (C=O) groups excluding carboxylic acids is 1. The van der Waals surface area contributed by atoms with E-state index in [1.54, 1.807) is 37.4 Å². The first-order valence-corrected chi connectivity index (χ1v) is 6.50. The predicted octanol–water partition coefficient (Wildman–Crippen LogP) is 1.06. The molecule has 0 fully saturated rings. The van der Waals surface area contributed by atoms with Gasteiger partial charge < -0.3 is 20.6 Å². The third kappa shape index (κ3) is 4.89. The quantitative estimate of drug-likeness (QED) is 0.652. The Bertz CT molecular complexity index is 437. The fraction of sp³-hybridized carbons (Fsp3) is 0.429. The molecule has 1 rings (SSSR count). The normalized spacial score (nSPS) is 11.7. The molecule has 110 valence electrons. The van der Waals surface area contributed by atoms with E-state index in [4.69, 9.17) is 0 Å². The summed E-state index contributed by atoms with van der Waals surface area (Å²) in [7, 11) is 3.49. The van der Waals surface area contributed by atoms with E-state index in [9.17, 15) is 14.7 Å². The summed E-state index contributed by atoms with van der Waals surface area (Å²) in [5.74, 6) is -1.08. The second-order valence-electron chi connectivity index (χ2n) is 4.51. The molecule has 0 bridgehead atoms. The molecule has 0 aromatic heterocycles. The van der Waals surface area contributed by atoms with Crippen LogP contribution in [0.2, 0.25) is 0 Å². The lowest BCUT2D eigenvalue weighted by Gasteiger charge is -2.21. The van der Waals surface area contributed by atoms with E-state index in [2.05, 4.69) is 10.6 Å². The van der Waals surface area contributed by atoms with Gasteiger partial charge in [0, 0.05) is 13.6 Å². The predicted molar refractivity (Wildman–Crippen MR) is 76.5 cm³/mol. The van der Waals surface area contributed by atoms with Crippen LogP contribution in [0.1, 0.15) is 18.0 Å². The highest BCUT2D eigenvalue weighted by Crippen LogP contribution is 2.13. The Morgan fingerprint density at radius 2 is 1.95 bits per heavy atom. The van der Waals surface area contributed by atoms with Gasteiger partial charge in [0.2, 0.25) is 0 Å². The zero-order valence-corrected chi connectivity index (χ0v) is 11.8. The van der Waals surface area contributed by atoms with Crippen LogP contribution >= 0.6 is 0 Å². The first-order chi connectivity index (χ1) is 9.56. The Morgan fingerprint density at radius 3 is 2.50 bits per heavy atom. The number of carboxylic acids is 1. The van der Waals surface area contributed by atoms with Crippen molar-refractivity contribution in [1.29, 1.82) is 0 Å². The van der Waals surface area contributed by atoms with Crippen molar-refractivity contribution >= 4 is 12.0 Å². The molecule has 0 aliphatic heterocycles. The third-order valence-electron chi connectivity index (χ3n) is 2.91. The second-order valence-corrected chi connectivity index (χ2v) is 4.51. The van der Waals surface area contributed by atoms with Crippen molar-refractivity contribution in [2.45, 2.75) is 12.5 Å². The van der Waals surface area contributed by atoms with Gasteiger partial charge in [-0.15, -0.1) is 0 Å². The minimum Gasteiger partial charge on any atom is -0.479 e. The van der Waals surface area contributed by atoms with Crippen molar-refractivity contribution in [2.75, 3.05) is 27.2 Å². The second kappa shape index (κ2) is 8.16. The highest BCUT2D eigenvalue weighted by molar-refractivity contribution is 5.83. The number of carbonyl (C=O) groups is 2. The topological polar surface area (TPSA) is 81.7 Å². The van der Waals surface area contributed by atoms with E-state index in [-0.39, 0.29) is 0 Å². The first kappa shape index (κ1) is 16.0. The summed E-state index contributed by atoms with van der Waals surface area (Å²) in [6.07, 6.45) is 0.809. The van der Waals surface area contributed by atoms with Gasteiger partial charge in [0.15, 0.2) is 6.04 Å². The minimum absolute atomic E-state index is 0.391. The van der Waals surface area contributed by atoms with Gasteiger partial charge in [-0.05, 0) is 25.6 Å². The molecular formula is C14H21N3O3. The fourth-order valence-electron chi connectivity index (χ4n) is 1.76. The molecule has 0 aliphatic carbocycles. The Kier molecular flexibility index (Phi) is 6.52. The summed E-state index contributed by atoms with van der Waals surface area (Å²) < 4.78 is 0. The summed E-state index contributed by atoms with van der Waals surface area (Å²) in [5, 5.41) is 14.7. The van der Waals surface area contributed by atoms with Gasteiger partial charge in [-0.25, -0.2) is 9.59 Å². The van der Waals surface area contributed by atoms with E-state index in [0.717, 1.165) is 13.0 Å².